The van der Waals surface area contributed by atoms with E-state index in [1.807, 2.05) is 20.8 Å². The third kappa shape index (κ3) is 5.35. The molecule has 2 atom stereocenters. The third-order valence-corrected chi connectivity index (χ3v) is 5.60. The van der Waals surface area contributed by atoms with Gasteiger partial charge in [-0.15, -0.1) is 6.42 Å². The van der Waals surface area contributed by atoms with Crippen LogP contribution < -0.4 is 5.32 Å². The fourth-order valence-electron chi connectivity index (χ4n) is 3.80. The normalized spacial score (nSPS) is 16.0. The third-order valence-electron chi connectivity index (χ3n) is 5.60. The minimum absolute atomic E-state index is 0.112. The first-order valence-electron chi connectivity index (χ1n) is 10.7. The van der Waals surface area contributed by atoms with Crippen molar-refractivity contribution < 1.29 is 18.7 Å². The SMILES string of the molecule is C#Cc1ccc(C#Cc2nc(C3CCCN3C(=O)C(NC(=O)OC)C(C)C)[nH]c2C)cc1F. The van der Waals surface area contributed by atoms with Gasteiger partial charge in [-0.3, -0.25) is 4.79 Å². The van der Waals surface area contributed by atoms with Crippen LogP contribution in [0.15, 0.2) is 18.2 Å². The van der Waals surface area contributed by atoms with Crippen LogP contribution in [-0.2, 0) is 9.53 Å². The number of ether oxygens (including phenoxy) is 1. The highest BCUT2D eigenvalue weighted by molar-refractivity contribution is 5.86. The molecule has 1 aliphatic rings. The molecule has 0 radical (unpaired) electrons. The number of aromatic nitrogens is 2. The average Bonchev–Trinajstić information content (AvgIpc) is 3.41. The van der Waals surface area contributed by atoms with E-state index in [-0.39, 0.29) is 23.4 Å². The lowest BCUT2D eigenvalue weighted by atomic mass is 10.0. The van der Waals surface area contributed by atoms with Crippen molar-refractivity contribution in [3.8, 4) is 24.2 Å². The number of alkyl carbamates (subject to hydrolysis) is 1. The van der Waals surface area contributed by atoms with E-state index in [1.165, 1.54) is 19.2 Å². The summed E-state index contributed by atoms with van der Waals surface area (Å²) in [5.74, 6) is 8.01. The number of methoxy groups -OCH3 is 1. The van der Waals surface area contributed by atoms with Crippen molar-refractivity contribution in [1.82, 2.24) is 20.2 Å². The Bertz CT molecular complexity index is 1150. The van der Waals surface area contributed by atoms with Crippen LogP contribution in [0.4, 0.5) is 9.18 Å². The summed E-state index contributed by atoms with van der Waals surface area (Å²) >= 11 is 0. The zero-order chi connectivity index (χ0) is 24.1. The number of halogens is 1. The molecule has 0 aliphatic carbocycles. The molecule has 7 nitrogen and oxygen atoms in total. The number of rotatable bonds is 4. The number of hydrogen-bond acceptors (Lipinski definition) is 4. The van der Waals surface area contributed by atoms with E-state index in [2.05, 4.69) is 37.8 Å². The number of nitrogens with one attached hydrogen (secondary N) is 2. The van der Waals surface area contributed by atoms with Crippen LogP contribution in [0.5, 0.6) is 0 Å². The molecule has 3 rings (SSSR count). The molecule has 172 valence electrons. The number of carbonyl (C=O) groups excluding carboxylic acids is 2. The number of nitrogens with zero attached hydrogens (tertiary/aromatic N) is 2. The van der Waals surface area contributed by atoms with E-state index < -0.39 is 18.0 Å². The zero-order valence-electron chi connectivity index (χ0n) is 19.2. The van der Waals surface area contributed by atoms with Crippen LogP contribution in [0.1, 0.15) is 61.1 Å². The second-order valence-electron chi connectivity index (χ2n) is 8.23. The number of imidazole rings is 1. The molecule has 2 unspecified atom stereocenters. The van der Waals surface area contributed by atoms with E-state index in [1.54, 1.807) is 11.0 Å². The standard InChI is InChI=1S/C25H27FN4O3/c1-6-18-11-9-17(14-19(18)26)10-12-20-16(4)27-23(28-20)21-8-7-13-30(21)24(31)22(15(2)3)29-25(32)33-5/h1,9,11,14-15,21-22H,7-8,13H2,2-5H3,(H,27,28)(H,29,32). The molecule has 2 aromatic rings. The first kappa shape index (κ1) is 23.9. The number of benzene rings is 1. The highest BCUT2D eigenvalue weighted by Crippen LogP contribution is 2.32. The van der Waals surface area contributed by atoms with Gasteiger partial charge in [-0.25, -0.2) is 14.2 Å². The molecule has 2 N–H and O–H groups in total. The van der Waals surface area contributed by atoms with Crippen molar-refractivity contribution in [3.63, 3.8) is 0 Å². The highest BCUT2D eigenvalue weighted by atomic mass is 19.1. The molecular formula is C25H27FN4O3. The summed E-state index contributed by atoms with van der Waals surface area (Å²) in [5.41, 5.74) is 1.96. The Hall–Kier alpha value is -3.78. The number of likely N-dealkylation sites (tertiary alicyclic amines) is 1. The minimum Gasteiger partial charge on any atom is -0.453 e. The quantitative estimate of drug-likeness (QED) is 0.700. The lowest BCUT2D eigenvalue weighted by Crippen LogP contribution is -2.51. The van der Waals surface area contributed by atoms with E-state index >= 15 is 0 Å². The molecule has 33 heavy (non-hydrogen) atoms. The lowest BCUT2D eigenvalue weighted by Gasteiger charge is -2.29. The summed E-state index contributed by atoms with van der Waals surface area (Å²) in [4.78, 5) is 34.6. The van der Waals surface area contributed by atoms with Crippen molar-refractivity contribution in [3.05, 3.63) is 52.4 Å². The maximum absolute atomic E-state index is 13.9. The first-order chi connectivity index (χ1) is 15.7. The molecule has 0 spiro atoms. The Kier molecular flexibility index (Phi) is 7.40. The number of amides is 2. The molecule has 0 saturated carbocycles. The van der Waals surface area contributed by atoms with E-state index in [9.17, 15) is 14.0 Å². The summed E-state index contributed by atoms with van der Waals surface area (Å²) in [5, 5.41) is 2.63. The van der Waals surface area contributed by atoms with Crippen molar-refractivity contribution >= 4 is 12.0 Å². The molecule has 1 saturated heterocycles. The molecule has 1 aromatic heterocycles. The van der Waals surface area contributed by atoms with Gasteiger partial charge < -0.3 is 19.9 Å². The van der Waals surface area contributed by atoms with Gasteiger partial charge in [-0.2, -0.15) is 0 Å². The molecular weight excluding hydrogens is 423 g/mol. The molecule has 8 heteroatoms. The van der Waals surface area contributed by atoms with Crippen LogP contribution in [0.2, 0.25) is 0 Å². The number of carbonyl (C=O) groups is 2. The van der Waals surface area contributed by atoms with E-state index in [0.29, 0.717) is 23.6 Å². The number of terminal acetylenes is 1. The smallest absolute Gasteiger partial charge is 0.407 e. The summed E-state index contributed by atoms with van der Waals surface area (Å²) in [6, 6.07) is 3.51. The fourth-order valence-corrected chi connectivity index (χ4v) is 3.80. The van der Waals surface area contributed by atoms with Crippen LogP contribution in [0.25, 0.3) is 0 Å². The molecule has 2 heterocycles. The van der Waals surface area contributed by atoms with Gasteiger partial charge in [0, 0.05) is 17.8 Å². The average molecular weight is 451 g/mol. The summed E-state index contributed by atoms with van der Waals surface area (Å²) in [6.45, 7) is 6.15. The summed E-state index contributed by atoms with van der Waals surface area (Å²) in [6.07, 6.45) is 6.17. The monoisotopic (exact) mass is 450 g/mol. The molecule has 1 aliphatic heterocycles. The minimum atomic E-state index is -0.700. The Balaban J connectivity index is 1.82. The maximum atomic E-state index is 13.9. The number of aryl methyl sites for hydroxylation is 1. The zero-order valence-corrected chi connectivity index (χ0v) is 19.2. The number of aromatic amines is 1. The van der Waals surface area contributed by atoms with Gasteiger partial charge in [0.1, 0.15) is 23.4 Å². The Morgan fingerprint density at radius 2 is 2.12 bits per heavy atom. The second-order valence-corrected chi connectivity index (χ2v) is 8.23. The largest absolute Gasteiger partial charge is 0.453 e. The predicted octanol–water partition coefficient (Wildman–Crippen LogP) is 3.28. The molecule has 0 bridgehead atoms. The molecule has 1 fully saturated rings. The van der Waals surface area contributed by atoms with Crippen LogP contribution in [0, 0.1) is 42.8 Å². The van der Waals surface area contributed by atoms with Gasteiger partial charge in [0.05, 0.1) is 18.7 Å². The van der Waals surface area contributed by atoms with Crippen LogP contribution in [-0.4, -0.2) is 46.6 Å². The van der Waals surface area contributed by atoms with Gasteiger partial charge in [0.2, 0.25) is 5.91 Å². The van der Waals surface area contributed by atoms with E-state index in [0.717, 1.165) is 18.5 Å². The summed E-state index contributed by atoms with van der Waals surface area (Å²) < 4.78 is 18.6. The lowest BCUT2D eigenvalue weighted by molar-refractivity contribution is -0.135. The second kappa shape index (κ2) is 10.2. The van der Waals surface area contributed by atoms with Crippen molar-refractivity contribution in [2.45, 2.75) is 45.7 Å². The topological polar surface area (TPSA) is 87.3 Å². The van der Waals surface area contributed by atoms with E-state index in [4.69, 9.17) is 6.42 Å². The van der Waals surface area contributed by atoms with Gasteiger partial charge >= 0.3 is 6.09 Å². The highest BCUT2D eigenvalue weighted by Gasteiger charge is 2.37. The predicted molar refractivity (Wildman–Crippen MR) is 121 cm³/mol. The van der Waals surface area contributed by atoms with Gasteiger partial charge in [-0.05, 0) is 49.8 Å². The van der Waals surface area contributed by atoms with Crippen LogP contribution >= 0.6 is 0 Å². The van der Waals surface area contributed by atoms with Gasteiger partial charge in [0.25, 0.3) is 0 Å². The van der Waals surface area contributed by atoms with Crippen molar-refractivity contribution in [2.75, 3.05) is 13.7 Å². The first-order valence-corrected chi connectivity index (χ1v) is 10.7. The Morgan fingerprint density at radius 3 is 2.76 bits per heavy atom. The molecule has 2 amide bonds. The number of hydrogen-bond donors (Lipinski definition) is 2. The number of H-pyrrole nitrogens is 1. The van der Waals surface area contributed by atoms with Gasteiger partial charge in [-0.1, -0.05) is 25.7 Å². The Labute approximate surface area is 193 Å². The van der Waals surface area contributed by atoms with Crippen molar-refractivity contribution in [2.24, 2.45) is 5.92 Å². The van der Waals surface area contributed by atoms with Gasteiger partial charge in [0.15, 0.2) is 0 Å². The Morgan fingerprint density at radius 1 is 1.36 bits per heavy atom. The summed E-state index contributed by atoms with van der Waals surface area (Å²) in [7, 11) is 1.27. The maximum Gasteiger partial charge on any atom is 0.407 e. The van der Waals surface area contributed by atoms with Crippen molar-refractivity contribution in [1.29, 1.82) is 0 Å². The fraction of sp³-hybridized carbons (Fsp3) is 0.400. The van der Waals surface area contributed by atoms with Crippen LogP contribution in [0.3, 0.4) is 0 Å². The molecule has 1 aromatic carbocycles.